The molecule has 0 aliphatic rings. The Labute approximate surface area is 151 Å². The van der Waals surface area contributed by atoms with Crippen molar-refractivity contribution in [2.24, 2.45) is 7.05 Å². The molecule has 27 heavy (non-hydrogen) atoms. The number of ether oxygens (including phenoxy) is 1. The average Bonchev–Trinajstić information content (AvgIpc) is 2.93. The molecule has 0 N–H and O–H groups in total. The Kier molecular flexibility index (Phi) is 4.63. The molecule has 0 fully saturated rings. The third-order valence-electron chi connectivity index (χ3n) is 3.92. The van der Waals surface area contributed by atoms with E-state index in [1.807, 2.05) is 0 Å². The van der Waals surface area contributed by atoms with Crippen molar-refractivity contribution in [1.29, 1.82) is 0 Å². The van der Waals surface area contributed by atoms with Crippen molar-refractivity contribution in [2.45, 2.75) is 19.4 Å². The van der Waals surface area contributed by atoms with Crippen LogP contribution in [0.1, 0.15) is 19.7 Å². The van der Waals surface area contributed by atoms with Gasteiger partial charge in [-0.2, -0.15) is 0 Å². The van der Waals surface area contributed by atoms with Crippen molar-refractivity contribution in [1.82, 2.24) is 14.8 Å². The van der Waals surface area contributed by atoms with Gasteiger partial charge in [0.15, 0.2) is 34.6 Å². The number of benzene rings is 2. The van der Waals surface area contributed by atoms with E-state index in [1.165, 1.54) is 31.5 Å². The van der Waals surface area contributed by atoms with E-state index in [0.717, 1.165) is 12.1 Å². The van der Waals surface area contributed by atoms with Crippen LogP contribution in [0.25, 0.3) is 11.4 Å². The lowest BCUT2D eigenvalue weighted by atomic mass is 10.1. The summed E-state index contributed by atoms with van der Waals surface area (Å²) in [5, 5.41) is 7.63. The van der Waals surface area contributed by atoms with E-state index in [9.17, 15) is 22.0 Å². The second-order valence-electron chi connectivity index (χ2n) is 6.31. The Balaban J connectivity index is 2.03. The van der Waals surface area contributed by atoms with Crippen LogP contribution in [0.5, 0.6) is 5.75 Å². The maximum absolute atomic E-state index is 14.0. The maximum atomic E-state index is 14.0. The third-order valence-corrected chi connectivity index (χ3v) is 3.92. The number of nitrogens with zero attached hydrogens (tertiary/aromatic N) is 3. The van der Waals surface area contributed by atoms with Crippen molar-refractivity contribution in [3.05, 3.63) is 65.2 Å². The molecular formula is C18H14F5N3O. The average molecular weight is 383 g/mol. The highest BCUT2D eigenvalue weighted by atomic mass is 19.2. The molecule has 0 atom stereocenters. The molecule has 0 saturated heterocycles. The zero-order valence-corrected chi connectivity index (χ0v) is 14.5. The minimum Gasteiger partial charge on any atom is -0.474 e. The van der Waals surface area contributed by atoms with Gasteiger partial charge in [-0.05, 0) is 26.0 Å². The van der Waals surface area contributed by atoms with Crippen LogP contribution >= 0.6 is 0 Å². The standard InChI is InChI=1S/C18H14F5N3O/c1-18(2,27-15-12(22)7-9(19)8-13(15)23)17-25-24-16(26(17)3)14-10(20)5-4-6-11(14)21/h4-8H,1-3H3. The first-order chi connectivity index (χ1) is 12.6. The lowest BCUT2D eigenvalue weighted by molar-refractivity contribution is 0.0833. The molecule has 0 aliphatic carbocycles. The molecule has 1 aromatic heterocycles. The van der Waals surface area contributed by atoms with Crippen molar-refractivity contribution in [3.63, 3.8) is 0 Å². The molecule has 9 heteroatoms. The van der Waals surface area contributed by atoms with E-state index >= 15 is 0 Å². The summed E-state index contributed by atoms with van der Waals surface area (Å²) in [6, 6.07) is 4.30. The highest BCUT2D eigenvalue weighted by Gasteiger charge is 2.33. The highest BCUT2D eigenvalue weighted by molar-refractivity contribution is 5.57. The van der Waals surface area contributed by atoms with Crippen LogP contribution in [-0.2, 0) is 12.6 Å². The lowest BCUT2D eigenvalue weighted by Crippen LogP contribution is -2.30. The number of aromatic nitrogens is 3. The SMILES string of the molecule is Cn1c(-c2c(F)cccc2F)nnc1C(C)(C)Oc1c(F)cc(F)cc1F. The fourth-order valence-corrected chi connectivity index (χ4v) is 2.71. The Morgan fingerprint density at radius 1 is 0.889 bits per heavy atom. The number of halogens is 5. The molecule has 0 unspecified atom stereocenters. The van der Waals surface area contributed by atoms with Gasteiger partial charge in [-0.1, -0.05) is 6.07 Å². The van der Waals surface area contributed by atoms with Gasteiger partial charge >= 0.3 is 0 Å². The zero-order valence-electron chi connectivity index (χ0n) is 14.5. The summed E-state index contributed by atoms with van der Waals surface area (Å²) in [6.45, 7) is 2.86. The molecule has 2 aromatic carbocycles. The summed E-state index contributed by atoms with van der Waals surface area (Å²) in [5.74, 6) is -6.13. The fourth-order valence-electron chi connectivity index (χ4n) is 2.71. The summed E-state index contributed by atoms with van der Waals surface area (Å²) < 4.78 is 75.5. The molecule has 0 bridgehead atoms. The molecule has 3 rings (SSSR count). The Morgan fingerprint density at radius 3 is 2.00 bits per heavy atom. The van der Waals surface area contributed by atoms with Crippen molar-refractivity contribution < 1.29 is 26.7 Å². The van der Waals surface area contributed by atoms with Gasteiger partial charge in [-0.25, -0.2) is 22.0 Å². The van der Waals surface area contributed by atoms with Gasteiger partial charge < -0.3 is 9.30 Å². The quantitative estimate of drug-likeness (QED) is 0.623. The van der Waals surface area contributed by atoms with Gasteiger partial charge in [-0.15, -0.1) is 10.2 Å². The smallest absolute Gasteiger partial charge is 0.192 e. The first-order valence-electron chi connectivity index (χ1n) is 7.79. The number of rotatable bonds is 4. The van der Waals surface area contributed by atoms with E-state index in [0.29, 0.717) is 12.1 Å². The van der Waals surface area contributed by atoms with Crippen LogP contribution in [0.4, 0.5) is 22.0 Å². The lowest BCUT2D eigenvalue weighted by Gasteiger charge is -2.26. The first-order valence-corrected chi connectivity index (χ1v) is 7.79. The van der Waals surface area contributed by atoms with Crippen LogP contribution in [0.15, 0.2) is 30.3 Å². The first kappa shape index (κ1) is 18.8. The predicted octanol–water partition coefficient (Wildman–Crippen LogP) is 4.49. The van der Waals surface area contributed by atoms with Gasteiger partial charge in [0.2, 0.25) is 0 Å². The minimum absolute atomic E-state index is 0.0447. The van der Waals surface area contributed by atoms with Crippen molar-refractivity contribution in [2.75, 3.05) is 0 Å². The summed E-state index contributed by atoms with van der Waals surface area (Å²) in [6.07, 6.45) is 0. The van der Waals surface area contributed by atoms with Gasteiger partial charge in [0.1, 0.15) is 17.5 Å². The monoisotopic (exact) mass is 383 g/mol. The predicted molar refractivity (Wildman–Crippen MR) is 86.3 cm³/mol. The third kappa shape index (κ3) is 3.36. The zero-order chi connectivity index (χ0) is 19.9. The molecule has 0 aliphatic heterocycles. The Morgan fingerprint density at radius 2 is 1.44 bits per heavy atom. The summed E-state index contributed by atoms with van der Waals surface area (Å²) >= 11 is 0. The van der Waals surface area contributed by atoms with Crippen molar-refractivity contribution in [3.8, 4) is 17.1 Å². The summed E-state index contributed by atoms with van der Waals surface area (Å²) in [5.41, 5.74) is -1.85. The Bertz CT molecular complexity index is 973. The van der Waals surface area contributed by atoms with Gasteiger partial charge in [-0.3, -0.25) is 0 Å². The fraction of sp³-hybridized carbons (Fsp3) is 0.222. The van der Waals surface area contributed by atoms with E-state index in [-0.39, 0.29) is 11.6 Å². The second kappa shape index (κ2) is 6.64. The molecule has 4 nitrogen and oxygen atoms in total. The summed E-state index contributed by atoms with van der Waals surface area (Å²) in [4.78, 5) is 0. The molecule has 142 valence electrons. The molecule has 0 radical (unpaired) electrons. The Hall–Kier alpha value is -2.97. The molecule has 0 amide bonds. The molecule has 3 aromatic rings. The van der Waals surface area contributed by atoms with Gasteiger partial charge in [0, 0.05) is 19.2 Å². The number of hydrogen-bond donors (Lipinski definition) is 0. The summed E-state index contributed by atoms with van der Waals surface area (Å²) in [7, 11) is 1.43. The normalized spacial score (nSPS) is 11.7. The van der Waals surface area contributed by atoms with Crippen LogP contribution in [-0.4, -0.2) is 14.8 Å². The largest absolute Gasteiger partial charge is 0.474 e. The molecule has 1 heterocycles. The highest BCUT2D eigenvalue weighted by Crippen LogP contribution is 2.33. The topological polar surface area (TPSA) is 39.9 Å². The van der Waals surface area contributed by atoms with E-state index in [1.54, 1.807) is 0 Å². The van der Waals surface area contributed by atoms with Gasteiger partial charge in [0.05, 0.1) is 5.56 Å². The van der Waals surface area contributed by atoms with E-state index in [4.69, 9.17) is 4.74 Å². The van der Waals surface area contributed by atoms with E-state index < -0.39 is 46.0 Å². The van der Waals surface area contributed by atoms with Crippen LogP contribution in [0, 0.1) is 29.1 Å². The molecule has 0 saturated carbocycles. The van der Waals surface area contributed by atoms with Crippen LogP contribution in [0.2, 0.25) is 0 Å². The number of hydrogen-bond acceptors (Lipinski definition) is 3. The van der Waals surface area contributed by atoms with Gasteiger partial charge in [0.25, 0.3) is 0 Å². The maximum Gasteiger partial charge on any atom is 0.192 e. The van der Waals surface area contributed by atoms with E-state index in [2.05, 4.69) is 10.2 Å². The van der Waals surface area contributed by atoms with Crippen LogP contribution < -0.4 is 4.74 Å². The second-order valence-corrected chi connectivity index (χ2v) is 6.31. The van der Waals surface area contributed by atoms with Crippen LogP contribution in [0.3, 0.4) is 0 Å². The molecular weight excluding hydrogens is 369 g/mol. The minimum atomic E-state index is -1.46. The molecule has 0 spiro atoms. The van der Waals surface area contributed by atoms with Crippen molar-refractivity contribution >= 4 is 0 Å².